The Morgan fingerprint density at radius 2 is 1.88 bits per heavy atom. The molecule has 2 nitrogen and oxygen atoms in total. The smallest absolute Gasteiger partial charge is 0.331 e. The summed E-state index contributed by atoms with van der Waals surface area (Å²) in [4.78, 5) is 11.7. The fraction of sp³-hybridized carbons (Fsp3) is 0.737. The van der Waals surface area contributed by atoms with Crippen molar-refractivity contribution in [3.63, 3.8) is 0 Å². The molecule has 0 aromatic carbocycles. The van der Waals surface area contributed by atoms with Crippen LogP contribution in [-0.2, 0) is 9.53 Å². The normalized spacial score (nSPS) is 14.8. The molecule has 2 unspecified atom stereocenters. The zero-order chi connectivity index (χ0) is 18.2. The molecule has 0 rings (SSSR count). The van der Waals surface area contributed by atoms with Crippen molar-refractivity contribution in [1.29, 1.82) is 0 Å². The molecule has 0 radical (unpaired) electrons. The van der Waals surface area contributed by atoms with Crippen LogP contribution in [0.25, 0.3) is 0 Å². The first-order chi connectivity index (χ1) is 11.6. The van der Waals surface area contributed by atoms with Gasteiger partial charge in [-0.2, -0.15) is 37.9 Å². The Balaban J connectivity index is 4.26. The predicted octanol–water partition coefficient (Wildman–Crippen LogP) is 5.41. The first kappa shape index (κ1) is 24.0. The minimum Gasteiger partial charge on any atom is -0.463 e. The molecule has 140 valence electrons. The van der Waals surface area contributed by atoms with E-state index in [1.807, 2.05) is 6.08 Å². The van der Waals surface area contributed by atoms with Gasteiger partial charge in [-0.05, 0) is 54.6 Å². The Kier molecular flexibility index (Phi) is 16.5. The molecule has 0 aliphatic rings. The largest absolute Gasteiger partial charge is 0.463 e. The fourth-order valence-electron chi connectivity index (χ4n) is 2.20. The number of unbranched alkanes of at least 4 members (excludes halogenated alkanes) is 1. The van der Waals surface area contributed by atoms with E-state index in [4.69, 9.17) is 4.74 Å². The monoisotopic (exact) mass is 390 g/mol. The molecule has 0 aromatic heterocycles. The molecule has 5 heteroatoms. The van der Waals surface area contributed by atoms with Crippen LogP contribution in [0.15, 0.2) is 23.8 Å². The molecule has 0 bridgehead atoms. The predicted molar refractivity (Wildman–Crippen MR) is 116 cm³/mol. The lowest BCUT2D eigenvalue weighted by molar-refractivity contribution is -0.137. The Hall–Kier alpha value is -0.000000000000000111. The number of ether oxygens (including phenoxy) is 1. The number of hydrogen-bond donors (Lipinski definition) is 3. The SMILES string of the molecule is CCCCOC(=O)C=C(C=CCC(CS)CCCC(C)CS)CS. The van der Waals surface area contributed by atoms with Gasteiger partial charge in [-0.15, -0.1) is 0 Å². The Bertz CT molecular complexity index is 381. The first-order valence-electron chi connectivity index (χ1n) is 8.93. The highest BCUT2D eigenvalue weighted by molar-refractivity contribution is 7.80. The molecule has 0 fully saturated rings. The molecule has 0 N–H and O–H groups in total. The lowest BCUT2D eigenvalue weighted by Gasteiger charge is -2.13. The standard InChI is InChI=1S/C19H34O2S3/c1-3-4-11-21-19(20)12-18(15-24)10-6-9-17(14-23)8-5-7-16(2)13-22/h6,10,12,16-17,22-24H,3-5,7-9,11,13-15H2,1-2H3. The third kappa shape index (κ3) is 13.3. The van der Waals surface area contributed by atoms with Gasteiger partial charge in [0.05, 0.1) is 6.61 Å². The molecule has 2 atom stereocenters. The zero-order valence-corrected chi connectivity index (χ0v) is 17.8. The van der Waals surface area contributed by atoms with Gasteiger partial charge in [0.1, 0.15) is 0 Å². The molecular weight excluding hydrogens is 356 g/mol. The maximum absolute atomic E-state index is 11.7. The van der Waals surface area contributed by atoms with E-state index in [-0.39, 0.29) is 5.97 Å². The van der Waals surface area contributed by atoms with Crippen molar-refractivity contribution in [2.24, 2.45) is 11.8 Å². The van der Waals surface area contributed by atoms with Crippen molar-refractivity contribution in [1.82, 2.24) is 0 Å². The van der Waals surface area contributed by atoms with Crippen LogP contribution in [0.4, 0.5) is 0 Å². The summed E-state index contributed by atoms with van der Waals surface area (Å²) in [6.07, 6.45) is 12.2. The summed E-state index contributed by atoms with van der Waals surface area (Å²) in [7, 11) is 0. The van der Waals surface area contributed by atoms with Gasteiger partial charge < -0.3 is 4.74 Å². The summed E-state index contributed by atoms with van der Waals surface area (Å²) >= 11 is 13.1. The van der Waals surface area contributed by atoms with Gasteiger partial charge >= 0.3 is 5.97 Å². The lowest BCUT2D eigenvalue weighted by Crippen LogP contribution is -2.04. The number of carbonyl (C=O) groups excluding carboxylic acids is 1. The topological polar surface area (TPSA) is 26.3 Å². The lowest BCUT2D eigenvalue weighted by atomic mass is 9.96. The van der Waals surface area contributed by atoms with Crippen LogP contribution in [0.3, 0.4) is 0 Å². The minimum absolute atomic E-state index is 0.274. The van der Waals surface area contributed by atoms with Gasteiger partial charge in [-0.25, -0.2) is 4.79 Å². The number of carbonyl (C=O) groups is 1. The maximum atomic E-state index is 11.7. The average Bonchev–Trinajstić information content (AvgIpc) is 2.59. The highest BCUT2D eigenvalue weighted by atomic mass is 32.1. The minimum atomic E-state index is -0.274. The molecule has 0 aliphatic heterocycles. The third-order valence-corrected chi connectivity index (χ3v) is 5.41. The molecule has 0 aliphatic carbocycles. The van der Waals surface area contributed by atoms with Crippen molar-refractivity contribution >= 4 is 43.9 Å². The fourth-order valence-corrected chi connectivity index (χ4v) is 2.91. The number of rotatable bonds is 14. The van der Waals surface area contributed by atoms with E-state index in [1.165, 1.54) is 19.3 Å². The van der Waals surface area contributed by atoms with Crippen molar-refractivity contribution in [3.05, 3.63) is 23.8 Å². The van der Waals surface area contributed by atoms with E-state index >= 15 is 0 Å². The highest BCUT2D eigenvalue weighted by Crippen LogP contribution is 2.18. The van der Waals surface area contributed by atoms with Gasteiger partial charge in [-0.3, -0.25) is 0 Å². The summed E-state index contributed by atoms with van der Waals surface area (Å²) in [5, 5.41) is 0. The van der Waals surface area contributed by atoms with Crippen molar-refractivity contribution in [3.8, 4) is 0 Å². The Morgan fingerprint density at radius 1 is 1.12 bits per heavy atom. The summed E-state index contributed by atoms with van der Waals surface area (Å²) in [5.41, 5.74) is 0.890. The van der Waals surface area contributed by atoms with Crippen LogP contribution in [0, 0.1) is 11.8 Å². The van der Waals surface area contributed by atoms with E-state index in [0.29, 0.717) is 24.2 Å². The first-order valence-corrected chi connectivity index (χ1v) is 10.8. The van der Waals surface area contributed by atoms with Crippen LogP contribution >= 0.6 is 37.9 Å². The second-order valence-corrected chi connectivity index (χ2v) is 7.35. The van der Waals surface area contributed by atoms with E-state index < -0.39 is 0 Å². The Morgan fingerprint density at radius 3 is 2.46 bits per heavy atom. The van der Waals surface area contributed by atoms with Gasteiger partial charge in [0, 0.05) is 11.8 Å². The number of allylic oxidation sites excluding steroid dienone is 2. The van der Waals surface area contributed by atoms with E-state index in [1.54, 1.807) is 6.08 Å². The van der Waals surface area contributed by atoms with Gasteiger partial charge in [0.15, 0.2) is 0 Å². The summed E-state index contributed by atoms with van der Waals surface area (Å²) < 4.78 is 5.15. The summed E-state index contributed by atoms with van der Waals surface area (Å²) in [5.74, 6) is 3.36. The summed E-state index contributed by atoms with van der Waals surface area (Å²) in [6.45, 7) is 4.80. The maximum Gasteiger partial charge on any atom is 0.331 e. The van der Waals surface area contributed by atoms with Gasteiger partial charge in [0.2, 0.25) is 0 Å². The Labute approximate surface area is 165 Å². The molecule has 0 heterocycles. The van der Waals surface area contributed by atoms with Crippen LogP contribution in [-0.4, -0.2) is 29.8 Å². The second-order valence-electron chi connectivity index (χ2n) is 6.30. The van der Waals surface area contributed by atoms with E-state index in [2.05, 4.69) is 57.8 Å². The number of hydrogen-bond acceptors (Lipinski definition) is 5. The number of esters is 1. The molecular formula is C19H34O2S3. The quantitative estimate of drug-likeness (QED) is 0.121. The zero-order valence-electron chi connectivity index (χ0n) is 15.1. The van der Waals surface area contributed by atoms with Crippen LogP contribution < -0.4 is 0 Å². The van der Waals surface area contributed by atoms with Gasteiger partial charge in [-0.1, -0.05) is 38.8 Å². The average molecular weight is 391 g/mol. The van der Waals surface area contributed by atoms with Crippen LogP contribution in [0.5, 0.6) is 0 Å². The molecule has 0 saturated carbocycles. The summed E-state index contributed by atoms with van der Waals surface area (Å²) in [6, 6.07) is 0. The molecule has 0 saturated heterocycles. The number of thiol groups is 3. The van der Waals surface area contributed by atoms with Crippen molar-refractivity contribution in [2.45, 2.75) is 52.4 Å². The molecule has 0 amide bonds. The van der Waals surface area contributed by atoms with E-state index in [0.717, 1.165) is 36.3 Å². The van der Waals surface area contributed by atoms with E-state index in [9.17, 15) is 4.79 Å². The second kappa shape index (κ2) is 16.5. The molecule has 0 spiro atoms. The highest BCUT2D eigenvalue weighted by Gasteiger charge is 2.07. The van der Waals surface area contributed by atoms with Crippen LogP contribution in [0.2, 0.25) is 0 Å². The van der Waals surface area contributed by atoms with Crippen LogP contribution in [0.1, 0.15) is 52.4 Å². The molecule has 0 aromatic rings. The van der Waals surface area contributed by atoms with Gasteiger partial charge in [0.25, 0.3) is 0 Å². The van der Waals surface area contributed by atoms with Crippen molar-refractivity contribution < 1.29 is 9.53 Å². The van der Waals surface area contributed by atoms with Crippen molar-refractivity contribution in [2.75, 3.05) is 23.9 Å². The third-order valence-electron chi connectivity index (χ3n) is 3.91. The molecule has 24 heavy (non-hydrogen) atoms.